The Morgan fingerprint density at radius 3 is 2.92 bits per heavy atom. The quantitative estimate of drug-likeness (QED) is 0.617. The van der Waals surface area contributed by atoms with E-state index >= 15 is 0 Å². The molecule has 3 nitrogen and oxygen atoms in total. The maximum Gasteiger partial charge on any atom is 0.178 e. The molecule has 0 unspecified atom stereocenters. The van der Waals surface area contributed by atoms with E-state index in [1.165, 1.54) is 6.92 Å². The lowest BCUT2D eigenvalue weighted by molar-refractivity contribution is 0.101. The highest BCUT2D eigenvalue weighted by Crippen LogP contribution is 2.17. The van der Waals surface area contributed by atoms with Crippen LogP contribution in [-0.4, -0.2) is 15.3 Å². The zero-order valence-electron chi connectivity index (χ0n) is 7.61. The Morgan fingerprint density at radius 1 is 1.46 bits per heavy atom. The molecule has 0 bridgehead atoms. The minimum absolute atomic E-state index is 0.0109. The largest absolute Gasteiger partial charge is 0.350 e. The van der Waals surface area contributed by atoms with Gasteiger partial charge in [-0.25, -0.2) is 0 Å². The number of hydrogen-bond acceptors (Lipinski definition) is 2. The van der Waals surface area contributed by atoms with Gasteiger partial charge in [-0.1, -0.05) is 0 Å². The first-order valence-electron chi connectivity index (χ1n) is 4.11. The Labute approximate surface area is 76.0 Å². The van der Waals surface area contributed by atoms with E-state index in [-0.39, 0.29) is 5.78 Å². The number of carbonyl (C=O) groups is 1. The molecule has 13 heavy (non-hydrogen) atoms. The van der Waals surface area contributed by atoms with Crippen LogP contribution in [0.1, 0.15) is 17.4 Å². The van der Waals surface area contributed by atoms with E-state index in [9.17, 15) is 4.79 Å². The average Bonchev–Trinajstić information content (AvgIpc) is 2.48. The van der Waals surface area contributed by atoms with Crippen LogP contribution in [-0.2, 0) is 7.05 Å². The molecule has 0 spiro atoms. The van der Waals surface area contributed by atoms with Crippen molar-refractivity contribution >= 4 is 16.7 Å². The van der Waals surface area contributed by atoms with Gasteiger partial charge in [-0.3, -0.25) is 9.78 Å². The number of nitrogens with zero attached hydrogens (tertiary/aromatic N) is 2. The molecule has 0 fully saturated rings. The summed E-state index contributed by atoms with van der Waals surface area (Å²) in [7, 11) is 1.95. The molecular formula is C10H10N2O. The van der Waals surface area contributed by atoms with Gasteiger partial charge in [0.15, 0.2) is 5.78 Å². The lowest BCUT2D eigenvalue weighted by Gasteiger charge is -1.98. The van der Waals surface area contributed by atoms with Crippen LogP contribution in [0, 0.1) is 0 Å². The second-order valence-electron chi connectivity index (χ2n) is 3.08. The number of hydrogen-bond donors (Lipinski definition) is 0. The lowest BCUT2D eigenvalue weighted by atomic mass is 10.2. The molecule has 0 N–H and O–H groups in total. The van der Waals surface area contributed by atoms with Crippen LogP contribution in [0.4, 0.5) is 0 Å². The van der Waals surface area contributed by atoms with Crippen molar-refractivity contribution in [2.75, 3.05) is 0 Å². The molecule has 0 amide bonds. The van der Waals surface area contributed by atoms with Gasteiger partial charge in [0, 0.05) is 31.8 Å². The first-order valence-corrected chi connectivity index (χ1v) is 4.11. The van der Waals surface area contributed by atoms with Crippen molar-refractivity contribution in [3.8, 4) is 0 Å². The molecule has 0 radical (unpaired) electrons. The van der Waals surface area contributed by atoms with E-state index in [0.717, 1.165) is 10.9 Å². The normalized spacial score (nSPS) is 10.6. The van der Waals surface area contributed by atoms with Crippen molar-refractivity contribution in [2.24, 2.45) is 7.05 Å². The molecule has 66 valence electrons. The third kappa shape index (κ3) is 1.13. The molecule has 2 aromatic rings. The van der Waals surface area contributed by atoms with Crippen molar-refractivity contribution < 1.29 is 4.79 Å². The van der Waals surface area contributed by atoms with Gasteiger partial charge in [0.25, 0.3) is 0 Å². The van der Waals surface area contributed by atoms with Crippen molar-refractivity contribution in [3.05, 3.63) is 30.2 Å². The van der Waals surface area contributed by atoms with Crippen LogP contribution in [0.5, 0.6) is 0 Å². The number of fused-ring (bicyclic) bond motifs is 1. The summed E-state index contributed by atoms with van der Waals surface area (Å²) in [5.74, 6) is 0.0109. The summed E-state index contributed by atoms with van der Waals surface area (Å²) in [6.45, 7) is 1.54. The summed E-state index contributed by atoms with van der Waals surface area (Å²) in [6.07, 6.45) is 3.60. The van der Waals surface area contributed by atoms with Crippen LogP contribution >= 0.6 is 0 Å². The van der Waals surface area contributed by atoms with E-state index in [1.807, 2.05) is 29.9 Å². The van der Waals surface area contributed by atoms with Crippen molar-refractivity contribution in [2.45, 2.75) is 6.92 Å². The second-order valence-corrected chi connectivity index (χ2v) is 3.08. The van der Waals surface area contributed by atoms with Crippen molar-refractivity contribution in [1.29, 1.82) is 0 Å². The zero-order valence-corrected chi connectivity index (χ0v) is 7.61. The Hall–Kier alpha value is -1.64. The van der Waals surface area contributed by atoms with Gasteiger partial charge in [0.05, 0.1) is 5.52 Å². The highest BCUT2D eigenvalue weighted by molar-refractivity contribution is 6.04. The molecule has 0 aromatic carbocycles. The molecule has 2 rings (SSSR count). The zero-order chi connectivity index (χ0) is 9.42. The fraction of sp³-hybridized carbons (Fsp3) is 0.200. The third-order valence-electron chi connectivity index (χ3n) is 2.15. The van der Waals surface area contributed by atoms with Gasteiger partial charge < -0.3 is 4.57 Å². The molecule has 0 aliphatic carbocycles. The van der Waals surface area contributed by atoms with E-state index in [0.29, 0.717) is 5.69 Å². The van der Waals surface area contributed by atoms with Crippen LogP contribution in [0.25, 0.3) is 10.9 Å². The fourth-order valence-electron chi connectivity index (χ4n) is 1.48. The van der Waals surface area contributed by atoms with E-state index < -0.39 is 0 Å². The highest BCUT2D eigenvalue weighted by atomic mass is 16.1. The Balaban J connectivity index is 2.84. The van der Waals surface area contributed by atoms with Gasteiger partial charge >= 0.3 is 0 Å². The van der Waals surface area contributed by atoms with Crippen molar-refractivity contribution in [1.82, 2.24) is 9.55 Å². The van der Waals surface area contributed by atoms with Crippen LogP contribution < -0.4 is 0 Å². The summed E-state index contributed by atoms with van der Waals surface area (Å²) >= 11 is 0. The third-order valence-corrected chi connectivity index (χ3v) is 2.15. The molecular weight excluding hydrogens is 164 g/mol. The molecule has 0 saturated carbocycles. The molecule has 0 aliphatic rings. The molecule has 3 heteroatoms. The van der Waals surface area contributed by atoms with Crippen LogP contribution in [0.2, 0.25) is 0 Å². The Kier molecular flexibility index (Phi) is 1.65. The van der Waals surface area contributed by atoms with Crippen molar-refractivity contribution in [3.63, 3.8) is 0 Å². The summed E-state index contributed by atoms with van der Waals surface area (Å²) < 4.78 is 1.98. The monoisotopic (exact) mass is 174 g/mol. The number of pyridine rings is 1. The summed E-state index contributed by atoms with van der Waals surface area (Å²) in [5, 5.41) is 0.928. The standard InChI is InChI=1S/C10H10N2O/c1-7(13)10-8-4-6-12(2)9(8)3-5-11-10/h3-6H,1-2H3. The number of aryl methyl sites for hydroxylation is 1. The Morgan fingerprint density at radius 2 is 2.23 bits per heavy atom. The first kappa shape index (κ1) is 7.98. The average molecular weight is 174 g/mol. The SMILES string of the molecule is CC(=O)c1nccc2c1ccn2C. The predicted molar refractivity (Wildman–Crippen MR) is 50.7 cm³/mol. The van der Waals surface area contributed by atoms with Crippen LogP contribution in [0.3, 0.4) is 0 Å². The maximum atomic E-state index is 11.2. The summed E-state index contributed by atoms with van der Waals surface area (Å²) in [4.78, 5) is 15.3. The van der Waals surface area contributed by atoms with E-state index in [4.69, 9.17) is 0 Å². The van der Waals surface area contributed by atoms with E-state index in [2.05, 4.69) is 4.98 Å². The summed E-state index contributed by atoms with van der Waals surface area (Å²) in [5.41, 5.74) is 1.60. The molecule has 0 atom stereocenters. The molecule has 2 aromatic heterocycles. The Bertz CT molecular complexity index is 471. The van der Waals surface area contributed by atoms with Gasteiger partial charge in [-0.2, -0.15) is 0 Å². The predicted octanol–water partition coefficient (Wildman–Crippen LogP) is 1.78. The fourth-order valence-corrected chi connectivity index (χ4v) is 1.48. The minimum Gasteiger partial charge on any atom is -0.350 e. The summed E-state index contributed by atoms with van der Waals surface area (Å²) in [6, 6.07) is 3.82. The highest BCUT2D eigenvalue weighted by Gasteiger charge is 2.07. The topological polar surface area (TPSA) is 34.9 Å². The van der Waals surface area contributed by atoms with Crippen LogP contribution in [0.15, 0.2) is 24.5 Å². The number of carbonyl (C=O) groups excluding carboxylic acids is 1. The first-order chi connectivity index (χ1) is 6.20. The molecule has 0 aliphatic heterocycles. The maximum absolute atomic E-state index is 11.2. The van der Waals surface area contributed by atoms with Gasteiger partial charge in [-0.05, 0) is 12.1 Å². The molecule has 0 saturated heterocycles. The smallest absolute Gasteiger partial charge is 0.178 e. The second kappa shape index (κ2) is 2.69. The van der Waals surface area contributed by atoms with Gasteiger partial charge in [-0.15, -0.1) is 0 Å². The van der Waals surface area contributed by atoms with Gasteiger partial charge in [0.1, 0.15) is 5.69 Å². The molecule has 2 heterocycles. The number of rotatable bonds is 1. The number of ketones is 1. The minimum atomic E-state index is 0.0109. The number of aromatic nitrogens is 2. The lowest BCUT2D eigenvalue weighted by Crippen LogP contribution is -1.97. The van der Waals surface area contributed by atoms with Gasteiger partial charge in [0.2, 0.25) is 0 Å². The number of Topliss-reactive ketones (excluding diaryl/α,β-unsaturated/α-hetero) is 1. The van der Waals surface area contributed by atoms with E-state index in [1.54, 1.807) is 6.20 Å².